The minimum Gasteiger partial charge on any atom is -0.455 e. The number of fused-ring (bicyclic) bond motifs is 27. The lowest BCUT2D eigenvalue weighted by atomic mass is 9.94. The Morgan fingerprint density at radius 2 is 0.470 bits per heavy atom. The van der Waals surface area contributed by atoms with Crippen molar-refractivity contribution in [2.24, 2.45) is 0 Å². The number of aryl methyl sites for hydroxylation is 6. The lowest BCUT2D eigenvalue weighted by molar-refractivity contribution is 0.666. The van der Waals surface area contributed by atoms with Crippen LogP contribution in [0, 0.1) is 41.5 Å². The normalized spacial score (nSPS) is 11.8. The van der Waals surface area contributed by atoms with Gasteiger partial charge in [0.2, 0.25) is 0 Å². The predicted octanol–water partition coefficient (Wildman–Crippen LogP) is 29.4. The maximum Gasteiger partial charge on any atom is 0.143 e. The molecule has 0 amide bonds. The van der Waals surface area contributed by atoms with E-state index in [0.29, 0.717) is 0 Å². The van der Waals surface area contributed by atoms with Crippen LogP contribution in [0.2, 0.25) is 0 Å². The summed E-state index contributed by atoms with van der Waals surface area (Å²) in [4.78, 5) is 30.8. The first kappa shape index (κ1) is 68.7. The number of para-hydroxylation sites is 2. The third-order valence-electron chi connectivity index (χ3n) is 23.5. The molecule has 0 N–H and O–H groups in total. The second kappa shape index (κ2) is 27.4. The highest BCUT2D eigenvalue weighted by molar-refractivity contribution is 6.26. The molecule has 0 bridgehead atoms. The van der Waals surface area contributed by atoms with Crippen LogP contribution in [-0.2, 0) is 0 Å². The van der Waals surface area contributed by atoms with E-state index in [9.17, 15) is 0 Å². The molecular weight excluding hydrogens is 1430 g/mol. The van der Waals surface area contributed by atoms with E-state index in [-0.39, 0.29) is 0 Å². The molecule has 18 aromatic carbocycles. The highest BCUT2D eigenvalue weighted by Crippen LogP contribution is 2.47. The Morgan fingerprint density at radius 3 is 0.897 bits per heavy atom. The van der Waals surface area contributed by atoms with Gasteiger partial charge in [-0.3, -0.25) is 15.0 Å². The summed E-state index contributed by atoms with van der Waals surface area (Å²) < 4.78 is 19.6. The van der Waals surface area contributed by atoms with E-state index >= 15 is 0 Å². The number of furan rings is 3. The minimum atomic E-state index is 0.845. The average molecular weight is 1500 g/mol. The zero-order valence-electron chi connectivity index (χ0n) is 65.1. The Morgan fingerprint density at radius 1 is 0.179 bits per heavy atom. The molecule has 24 rings (SSSR count). The third-order valence-corrected chi connectivity index (χ3v) is 23.5. The van der Waals surface area contributed by atoms with Crippen molar-refractivity contribution in [3.63, 3.8) is 0 Å². The van der Waals surface area contributed by atoms with Gasteiger partial charge in [-0.1, -0.05) is 272 Å². The lowest BCUT2D eigenvalue weighted by Gasteiger charge is -2.13. The van der Waals surface area contributed by atoms with Gasteiger partial charge in [-0.2, -0.15) is 0 Å². The maximum absolute atomic E-state index is 6.61. The van der Waals surface area contributed by atoms with Crippen LogP contribution in [0.15, 0.2) is 341 Å². The highest BCUT2D eigenvalue weighted by atomic mass is 16.3. The smallest absolute Gasteiger partial charge is 0.143 e. The summed E-state index contributed by atoms with van der Waals surface area (Å²) in [5.41, 5.74) is 30.3. The minimum absolute atomic E-state index is 0.845. The van der Waals surface area contributed by atoms with Crippen LogP contribution in [0.4, 0.5) is 0 Å². The molecule has 0 aliphatic heterocycles. The van der Waals surface area contributed by atoms with Crippen molar-refractivity contribution in [1.82, 2.24) is 29.9 Å². The fourth-order valence-corrected chi connectivity index (χ4v) is 18.3. The zero-order chi connectivity index (χ0) is 78.3. The van der Waals surface area contributed by atoms with Crippen LogP contribution in [0.25, 0.3) is 231 Å². The van der Waals surface area contributed by atoms with Crippen molar-refractivity contribution in [3.05, 3.63) is 361 Å². The molecule has 9 nitrogen and oxygen atoms in total. The van der Waals surface area contributed by atoms with Crippen LogP contribution in [0.3, 0.4) is 0 Å². The molecule has 0 aliphatic carbocycles. The number of rotatable bonds is 6. The average Bonchev–Trinajstić information content (AvgIpc) is 1.51. The molecule has 6 heterocycles. The predicted molar refractivity (Wildman–Crippen MR) is 487 cm³/mol. The number of aromatic nitrogens is 6. The first-order valence-corrected chi connectivity index (χ1v) is 39.8. The molecule has 0 saturated carbocycles. The number of hydrogen-bond acceptors (Lipinski definition) is 9. The quantitative estimate of drug-likeness (QED) is 0.150. The monoisotopic (exact) mass is 1500 g/mol. The second-order valence-electron chi connectivity index (χ2n) is 31.0. The second-order valence-corrected chi connectivity index (χ2v) is 31.0. The van der Waals surface area contributed by atoms with Gasteiger partial charge in [-0.05, 0) is 161 Å². The van der Waals surface area contributed by atoms with E-state index in [1.807, 2.05) is 18.6 Å². The molecule has 24 aromatic rings. The lowest BCUT2D eigenvalue weighted by Crippen LogP contribution is -1.94. The van der Waals surface area contributed by atoms with E-state index in [2.05, 4.69) is 351 Å². The van der Waals surface area contributed by atoms with Crippen LogP contribution in [0.5, 0.6) is 0 Å². The highest BCUT2D eigenvalue weighted by Gasteiger charge is 2.24. The van der Waals surface area contributed by atoms with Crippen molar-refractivity contribution in [3.8, 4) is 67.2 Å². The van der Waals surface area contributed by atoms with Crippen molar-refractivity contribution in [2.45, 2.75) is 41.5 Å². The molecule has 0 spiro atoms. The van der Waals surface area contributed by atoms with Crippen molar-refractivity contribution < 1.29 is 13.3 Å². The molecule has 9 heteroatoms. The summed E-state index contributed by atoms with van der Waals surface area (Å²) in [5, 5.41) is 20.8. The molecule has 117 heavy (non-hydrogen) atoms. The molecule has 0 aliphatic rings. The van der Waals surface area contributed by atoms with Gasteiger partial charge < -0.3 is 13.3 Å². The van der Waals surface area contributed by atoms with Crippen molar-refractivity contribution >= 4 is 164 Å². The van der Waals surface area contributed by atoms with E-state index in [0.717, 1.165) is 204 Å². The maximum atomic E-state index is 6.61. The Hall–Kier alpha value is -15.1. The van der Waals surface area contributed by atoms with Crippen molar-refractivity contribution in [2.75, 3.05) is 0 Å². The third kappa shape index (κ3) is 11.3. The first-order valence-electron chi connectivity index (χ1n) is 39.8. The topological polar surface area (TPSA) is 117 Å². The van der Waals surface area contributed by atoms with Gasteiger partial charge in [0.1, 0.15) is 33.5 Å². The molecule has 0 radical (unpaired) electrons. The Kier molecular flexibility index (Phi) is 16.1. The SMILES string of the molecule is Cc1cc(C)c2oc3c(-c4ccccc4-c4cnc5c6ccccc6c6ccccc6c5n4)cc(C)cc3c2c1.Cc1ccc2oc3c(-c4ccccc4-c4cnc5c6ccccc6c6ccccc6c5n4)cc(C)cc3c2c1.Cc1cccc2c1oc1c(-c3ccccc3-c3cnc4c5ccccc5c5ccccc5c4n3)cccc12. The van der Waals surface area contributed by atoms with Gasteiger partial charge in [-0.25, -0.2) is 15.0 Å². The van der Waals surface area contributed by atoms with Crippen LogP contribution in [-0.4, -0.2) is 29.9 Å². The van der Waals surface area contributed by atoms with Gasteiger partial charge in [0.05, 0.1) is 68.8 Å². The Bertz CT molecular complexity index is 8210. The summed E-state index contributed by atoms with van der Waals surface area (Å²) in [6, 6.07) is 109. The molecule has 0 unspecified atom stereocenters. The standard InChI is InChI=1S/C37H26N2O.C36H24N2O.C35H22N2O/c1-21-16-23(3)36-31(17-21)32-19-22(2)18-30(37(32)40-36)26-12-4-7-13-27(26)33-20-38-34-28-14-8-5-10-24(28)25-11-6-9-15-29(25)35(34)39-33;1-21-15-16-33-29(17-21)31-19-22(2)18-30(36(31)39-33)25-11-3-6-12-26(25)32-20-37-34-27-13-7-4-9-23(27)24-10-5-8-14-28(24)35(34)38-32;1-21-10-8-17-29-30-19-9-18-28(35(30)38-34(21)29)24-13-2-5-14-25(24)31-20-36-32-26-15-6-3-11-22(26)23-12-4-7-16-27(23)33(32)37-31/h4-20H,1-3H3;3-20H,1-2H3;2-20H,1H3. The number of hydrogen-bond donors (Lipinski definition) is 0. The molecular formula is C108H72N6O3. The van der Waals surface area contributed by atoms with Gasteiger partial charge >= 0.3 is 0 Å². The van der Waals surface area contributed by atoms with E-state index in [1.165, 1.54) is 60.0 Å². The Labute approximate surface area is 672 Å². The first-order chi connectivity index (χ1) is 57.5. The molecule has 552 valence electrons. The van der Waals surface area contributed by atoms with E-state index in [4.69, 9.17) is 43.2 Å². The summed E-state index contributed by atoms with van der Waals surface area (Å²) in [7, 11) is 0. The molecule has 0 fully saturated rings. The Balaban J connectivity index is 0.000000106. The van der Waals surface area contributed by atoms with Gasteiger partial charge in [-0.15, -0.1) is 0 Å². The number of nitrogens with zero attached hydrogens (tertiary/aromatic N) is 6. The largest absolute Gasteiger partial charge is 0.455 e. The summed E-state index contributed by atoms with van der Waals surface area (Å²) in [5.74, 6) is 0. The molecule has 0 saturated heterocycles. The van der Waals surface area contributed by atoms with Crippen LogP contribution >= 0.6 is 0 Å². The fraction of sp³-hybridized carbons (Fsp3) is 0.0556. The summed E-state index contributed by atoms with van der Waals surface area (Å²) in [6.07, 6.45) is 5.74. The fourth-order valence-electron chi connectivity index (χ4n) is 18.3. The van der Waals surface area contributed by atoms with Crippen LogP contribution < -0.4 is 0 Å². The summed E-state index contributed by atoms with van der Waals surface area (Å²) >= 11 is 0. The molecule has 0 atom stereocenters. The molecule has 6 aromatic heterocycles. The van der Waals surface area contributed by atoms with E-state index in [1.54, 1.807) is 0 Å². The van der Waals surface area contributed by atoms with Gasteiger partial charge in [0, 0.05) is 98.0 Å². The number of benzene rings is 18. The zero-order valence-corrected chi connectivity index (χ0v) is 65.1. The van der Waals surface area contributed by atoms with Gasteiger partial charge in [0.15, 0.2) is 0 Å². The van der Waals surface area contributed by atoms with Gasteiger partial charge in [0.25, 0.3) is 0 Å². The summed E-state index contributed by atoms with van der Waals surface area (Å²) in [6.45, 7) is 12.8. The van der Waals surface area contributed by atoms with Crippen LogP contribution in [0.1, 0.15) is 33.4 Å². The van der Waals surface area contributed by atoms with Crippen molar-refractivity contribution in [1.29, 1.82) is 0 Å². The van der Waals surface area contributed by atoms with E-state index < -0.39 is 0 Å².